The number of amides is 2. The fourth-order valence-electron chi connectivity index (χ4n) is 4.06. The second kappa shape index (κ2) is 13.7. The first-order valence-corrected chi connectivity index (χ1v) is 14.8. The van der Waals surface area contributed by atoms with Crippen molar-refractivity contribution in [3.63, 3.8) is 0 Å². The Morgan fingerprint density at radius 2 is 1.72 bits per heavy atom. The molecule has 0 aliphatic heterocycles. The van der Waals surface area contributed by atoms with Gasteiger partial charge in [-0.3, -0.25) is 13.9 Å². The minimum absolute atomic E-state index is 0.0425. The molecule has 2 amide bonds. The molecule has 0 fully saturated rings. The number of hydrogen-bond acceptors (Lipinski definition) is 5. The van der Waals surface area contributed by atoms with E-state index < -0.39 is 28.5 Å². The minimum Gasteiger partial charge on any atom is -0.497 e. The molecular weight excluding hydrogens is 561 g/mol. The van der Waals surface area contributed by atoms with Gasteiger partial charge < -0.3 is 15.0 Å². The summed E-state index contributed by atoms with van der Waals surface area (Å²) in [6, 6.07) is 19.6. The van der Waals surface area contributed by atoms with Crippen molar-refractivity contribution in [1.82, 2.24) is 10.2 Å². The number of nitrogens with zero attached hydrogens (tertiary/aromatic N) is 2. The van der Waals surface area contributed by atoms with Crippen LogP contribution in [0.25, 0.3) is 0 Å². The summed E-state index contributed by atoms with van der Waals surface area (Å²) in [5.41, 5.74) is 1.65. The lowest BCUT2D eigenvalue weighted by Crippen LogP contribution is -2.53. The zero-order valence-electron chi connectivity index (χ0n) is 21.9. The standard InChI is InChI=1S/C28H31Cl2N3O5S/c1-4-31-28(35)26(15-20-9-6-5-7-10-20)32(18-21-13-14-22(29)16-25(21)30)27(34)19-33(39(3,36)37)23-11-8-12-24(17-23)38-2/h5-14,16-17,26H,4,15,18-19H2,1-3H3,(H,31,35)/t26-/m1/s1. The van der Waals surface area contributed by atoms with Crippen LogP contribution in [0.2, 0.25) is 10.0 Å². The van der Waals surface area contributed by atoms with Crippen LogP contribution in [-0.4, -0.2) is 57.6 Å². The fraction of sp³-hybridized carbons (Fsp3) is 0.286. The number of ether oxygens (including phenoxy) is 1. The van der Waals surface area contributed by atoms with E-state index in [1.54, 1.807) is 43.3 Å². The van der Waals surface area contributed by atoms with Crippen LogP contribution in [0.1, 0.15) is 18.1 Å². The van der Waals surface area contributed by atoms with Gasteiger partial charge in [-0.05, 0) is 42.3 Å². The van der Waals surface area contributed by atoms with E-state index >= 15 is 0 Å². The van der Waals surface area contributed by atoms with E-state index in [0.717, 1.165) is 16.1 Å². The van der Waals surface area contributed by atoms with Crippen molar-refractivity contribution in [1.29, 1.82) is 0 Å². The van der Waals surface area contributed by atoms with Crippen LogP contribution >= 0.6 is 23.2 Å². The largest absolute Gasteiger partial charge is 0.497 e. The zero-order chi connectivity index (χ0) is 28.6. The Bertz CT molecular complexity index is 1400. The average molecular weight is 593 g/mol. The first-order chi connectivity index (χ1) is 18.5. The van der Waals surface area contributed by atoms with Gasteiger partial charge in [0.15, 0.2) is 0 Å². The third kappa shape index (κ3) is 8.36. The van der Waals surface area contributed by atoms with E-state index in [-0.39, 0.29) is 24.6 Å². The van der Waals surface area contributed by atoms with Crippen LogP contribution in [0, 0.1) is 0 Å². The maximum atomic E-state index is 14.0. The van der Waals surface area contributed by atoms with Gasteiger partial charge in [0.2, 0.25) is 21.8 Å². The fourth-order valence-corrected chi connectivity index (χ4v) is 5.37. The van der Waals surface area contributed by atoms with Gasteiger partial charge in [-0.25, -0.2) is 8.42 Å². The van der Waals surface area contributed by atoms with Crippen molar-refractivity contribution >= 4 is 50.7 Å². The molecule has 11 heteroatoms. The number of halogens is 2. The Morgan fingerprint density at radius 3 is 2.33 bits per heavy atom. The molecule has 0 heterocycles. The molecule has 0 bridgehead atoms. The highest BCUT2D eigenvalue weighted by atomic mass is 35.5. The highest BCUT2D eigenvalue weighted by Gasteiger charge is 2.33. The highest BCUT2D eigenvalue weighted by molar-refractivity contribution is 7.92. The number of benzene rings is 3. The van der Waals surface area contributed by atoms with Gasteiger partial charge in [-0.2, -0.15) is 0 Å². The highest BCUT2D eigenvalue weighted by Crippen LogP contribution is 2.26. The van der Waals surface area contributed by atoms with Crippen LogP contribution in [0.15, 0.2) is 72.8 Å². The van der Waals surface area contributed by atoms with Crippen molar-refractivity contribution in [2.45, 2.75) is 25.9 Å². The van der Waals surface area contributed by atoms with E-state index in [9.17, 15) is 18.0 Å². The summed E-state index contributed by atoms with van der Waals surface area (Å²) >= 11 is 12.5. The Morgan fingerprint density at radius 1 is 1.00 bits per heavy atom. The van der Waals surface area contributed by atoms with Crippen molar-refractivity contribution in [2.75, 3.05) is 30.8 Å². The number of sulfonamides is 1. The molecule has 0 saturated heterocycles. The summed E-state index contributed by atoms with van der Waals surface area (Å²) in [6.45, 7) is 1.56. The first-order valence-electron chi connectivity index (χ1n) is 12.2. The molecule has 39 heavy (non-hydrogen) atoms. The van der Waals surface area contributed by atoms with Crippen molar-refractivity contribution < 1.29 is 22.7 Å². The molecule has 1 atom stereocenters. The lowest BCUT2D eigenvalue weighted by molar-refractivity contribution is -0.140. The van der Waals surface area contributed by atoms with Gasteiger partial charge in [-0.1, -0.05) is 65.7 Å². The number of hydrogen-bond donors (Lipinski definition) is 1. The van der Waals surface area contributed by atoms with E-state index in [0.29, 0.717) is 27.9 Å². The Hall–Kier alpha value is -3.27. The number of carbonyl (C=O) groups is 2. The molecule has 208 valence electrons. The van der Waals surface area contributed by atoms with Gasteiger partial charge in [-0.15, -0.1) is 0 Å². The molecule has 0 saturated carbocycles. The number of likely N-dealkylation sites (N-methyl/N-ethyl adjacent to an activating group) is 1. The van der Waals surface area contributed by atoms with E-state index in [1.807, 2.05) is 30.3 Å². The molecule has 3 aromatic rings. The number of anilines is 1. The quantitative estimate of drug-likeness (QED) is 0.333. The maximum Gasteiger partial charge on any atom is 0.244 e. The Labute approximate surface area is 239 Å². The zero-order valence-corrected chi connectivity index (χ0v) is 24.3. The topological polar surface area (TPSA) is 96.0 Å². The van der Waals surface area contributed by atoms with Crippen molar-refractivity contribution in [2.24, 2.45) is 0 Å². The number of methoxy groups -OCH3 is 1. The number of rotatable bonds is 12. The molecule has 0 unspecified atom stereocenters. The van der Waals surface area contributed by atoms with Crippen LogP contribution in [0.5, 0.6) is 5.75 Å². The molecule has 0 spiro atoms. The molecule has 0 aromatic heterocycles. The summed E-state index contributed by atoms with van der Waals surface area (Å²) in [5, 5.41) is 3.55. The summed E-state index contributed by atoms with van der Waals surface area (Å²) in [7, 11) is -2.42. The summed E-state index contributed by atoms with van der Waals surface area (Å²) < 4.78 is 31.9. The van der Waals surface area contributed by atoms with Crippen LogP contribution in [0.4, 0.5) is 5.69 Å². The predicted octanol–water partition coefficient (Wildman–Crippen LogP) is 4.54. The molecular formula is C28H31Cl2N3O5S. The van der Waals surface area contributed by atoms with Crippen LogP contribution in [0.3, 0.4) is 0 Å². The molecule has 8 nitrogen and oxygen atoms in total. The van der Waals surface area contributed by atoms with Crippen molar-refractivity contribution in [3.8, 4) is 5.75 Å². The normalized spacial score (nSPS) is 11.9. The van der Waals surface area contributed by atoms with Gasteiger partial charge in [0.1, 0.15) is 18.3 Å². The second-order valence-electron chi connectivity index (χ2n) is 8.83. The monoisotopic (exact) mass is 591 g/mol. The SMILES string of the molecule is CCNC(=O)[C@@H](Cc1ccccc1)N(Cc1ccc(Cl)cc1Cl)C(=O)CN(c1cccc(OC)c1)S(C)(=O)=O. The van der Waals surface area contributed by atoms with Gasteiger partial charge in [0.05, 0.1) is 19.1 Å². The third-order valence-corrected chi connectivity index (χ3v) is 7.73. The first kappa shape index (κ1) is 30.3. The predicted molar refractivity (Wildman–Crippen MR) is 155 cm³/mol. The van der Waals surface area contributed by atoms with Crippen LogP contribution < -0.4 is 14.4 Å². The lowest BCUT2D eigenvalue weighted by Gasteiger charge is -2.33. The van der Waals surface area contributed by atoms with Gasteiger partial charge in [0, 0.05) is 35.6 Å². The molecule has 3 aromatic carbocycles. The molecule has 3 rings (SSSR count). The van der Waals surface area contributed by atoms with Crippen LogP contribution in [-0.2, 0) is 32.6 Å². The van der Waals surface area contributed by atoms with Gasteiger partial charge >= 0.3 is 0 Å². The van der Waals surface area contributed by atoms with Gasteiger partial charge in [0.25, 0.3) is 0 Å². The summed E-state index contributed by atoms with van der Waals surface area (Å²) in [5.74, 6) is -0.517. The average Bonchev–Trinajstić information content (AvgIpc) is 2.90. The second-order valence-corrected chi connectivity index (χ2v) is 11.6. The Kier molecular flexibility index (Phi) is 10.6. The van der Waals surface area contributed by atoms with E-state index in [4.69, 9.17) is 27.9 Å². The summed E-state index contributed by atoms with van der Waals surface area (Å²) in [6.07, 6.45) is 1.23. The van der Waals surface area contributed by atoms with E-state index in [2.05, 4.69) is 5.32 Å². The lowest BCUT2D eigenvalue weighted by atomic mass is 10.0. The Balaban J connectivity index is 2.07. The molecule has 0 radical (unpaired) electrons. The molecule has 0 aliphatic carbocycles. The summed E-state index contributed by atoms with van der Waals surface area (Å²) in [4.78, 5) is 28.7. The third-order valence-electron chi connectivity index (χ3n) is 6.00. The number of nitrogens with one attached hydrogen (secondary N) is 1. The smallest absolute Gasteiger partial charge is 0.244 e. The molecule has 0 aliphatic rings. The number of carbonyl (C=O) groups excluding carboxylic acids is 2. The van der Waals surface area contributed by atoms with E-state index in [1.165, 1.54) is 18.1 Å². The molecule has 1 N–H and O–H groups in total. The van der Waals surface area contributed by atoms with Crippen molar-refractivity contribution in [3.05, 3.63) is 94.0 Å². The minimum atomic E-state index is -3.89. The maximum absolute atomic E-state index is 14.0.